The molecule has 30 heavy (non-hydrogen) atoms. The lowest BCUT2D eigenvalue weighted by molar-refractivity contribution is 0.408. The van der Waals surface area contributed by atoms with Crippen LogP contribution in [0.25, 0.3) is 22.1 Å². The van der Waals surface area contributed by atoms with Crippen LogP contribution in [0.3, 0.4) is 0 Å². The first-order valence-electron chi connectivity index (χ1n) is 10.1. The van der Waals surface area contributed by atoms with Crippen LogP contribution < -0.4 is 10.4 Å². The second-order valence-electron chi connectivity index (χ2n) is 7.31. The van der Waals surface area contributed by atoms with Crippen LogP contribution in [-0.2, 0) is 12.8 Å². The van der Waals surface area contributed by atoms with Gasteiger partial charge in [0.25, 0.3) is 0 Å². The fourth-order valence-corrected chi connectivity index (χ4v) is 3.78. The zero-order valence-corrected chi connectivity index (χ0v) is 16.9. The van der Waals surface area contributed by atoms with E-state index in [1.165, 1.54) is 0 Å². The van der Waals surface area contributed by atoms with Crippen molar-refractivity contribution in [2.45, 2.75) is 25.7 Å². The molecule has 0 unspecified atom stereocenters. The Kier molecular flexibility index (Phi) is 5.84. The Morgan fingerprint density at radius 3 is 2.40 bits per heavy atom. The van der Waals surface area contributed by atoms with E-state index < -0.39 is 5.63 Å². The third kappa shape index (κ3) is 4.08. The van der Waals surface area contributed by atoms with Gasteiger partial charge >= 0.3 is 5.63 Å². The molecule has 0 aliphatic heterocycles. The summed E-state index contributed by atoms with van der Waals surface area (Å²) in [4.78, 5) is 12.4. The summed E-state index contributed by atoms with van der Waals surface area (Å²) < 4.78 is 10.9. The zero-order chi connectivity index (χ0) is 20.9. The van der Waals surface area contributed by atoms with E-state index in [2.05, 4.69) is 0 Å². The van der Waals surface area contributed by atoms with Gasteiger partial charge in [-0.1, -0.05) is 54.6 Å². The summed E-state index contributed by atoms with van der Waals surface area (Å²) in [7, 11) is 1.67. The Morgan fingerprint density at radius 2 is 1.60 bits per heavy atom. The molecule has 0 saturated carbocycles. The van der Waals surface area contributed by atoms with Crippen molar-refractivity contribution in [3.05, 3.63) is 94.3 Å². The predicted octanol–water partition coefficient (Wildman–Crippen LogP) is 5.74. The molecule has 152 valence electrons. The van der Waals surface area contributed by atoms with Crippen LogP contribution in [0, 0.1) is 0 Å². The van der Waals surface area contributed by atoms with Crippen LogP contribution in [0.15, 0.2) is 82.0 Å². The second-order valence-corrected chi connectivity index (χ2v) is 7.31. The molecular formula is C26H24O4. The lowest BCUT2D eigenvalue weighted by Gasteiger charge is -2.09. The number of hydrogen-bond donors (Lipinski definition) is 1. The highest BCUT2D eigenvalue weighted by Crippen LogP contribution is 2.31. The van der Waals surface area contributed by atoms with E-state index in [9.17, 15) is 9.90 Å². The molecule has 1 aromatic heterocycles. The second kappa shape index (κ2) is 8.87. The molecule has 0 aliphatic carbocycles. The number of fused-ring (bicyclic) bond motifs is 1. The van der Waals surface area contributed by atoms with Crippen molar-refractivity contribution in [1.29, 1.82) is 0 Å². The Morgan fingerprint density at radius 1 is 0.867 bits per heavy atom. The molecule has 0 aliphatic rings. The first-order valence-corrected chi connectivity index (χ1v) is 10.1. The molecule has 0 spiro atoms. The summed E-state index contributed by atoms with van der Waals surface area (Å²) in [5.41, 5.74) is 3.42. The average molecular weight is 400 g/mol. The summed E-state index contributed by atoms with van der Waals surface area (Å²) in [5, 5.41) is 11.4. The summed E-state index contributed by atoms with van der Waals surface area (Å²) in [5.74, 6) is 0.898. The molecule has 0 amide bonds. The molecule has 1 N–H and O–H groups in total. The Hall–Kier alpha value is -3.53. The van der Waals surface area contributed by atoms with Crippen molar-refractivity contribution < 1.29 is 14.3 Å². The fraction of sp³-hybridized carbons (Fsp3) is 0.192. The molecule has 0 bridgehead atoms. The topological polar surface area (TPSA) is 59.7 Å². The highest BCUT2D eigenvalue weighted by Gasteiger charge is 2.15. The number of para-hydroxylation sites is 1. The van der Waals surface area contributed by atoms with Gasteiger partial charge in [-0.2, -0.15) is 0 Å². The molecule has 4 heteroatoms. The van der Waals surface area contributed by atoms with Gasteiger partial charge in [0.05, 0.1) is 18.1 Å². The number of benzene rings is 3. The van der Waals surface area contributed by atoms with E-state index in [0.717, 1.165) is 41.7 Å². The molecular weight excluding hydrogens is 376 g/mol. The fourth-order valence-electron chi connectivity index (χ4n) is 3.78. The normalized spacial score (nSPS) is 11.0. The molecule has 0 radical (unpaired) electrons. The van der Waals surface area contributed by atoms with Crippen molar-refractivity contribution >= 4 is 11.0 Å². The van der Waals surface area contributed by atoms with Gasteiger partial charge in [-0.05, 0) is 60.6 Å². The highest BCUT2D eigenvalue weighted by molar-refractivity contribution is 5.88. The van der Waals surface area contributed by atoms with Crippen LogP contribution in [0.4, 0.5) is 0 Å². The van der Waals surface area contributed by atoms with Crippen LogP contribution in [0.1, 0.15) is 24.0 Å². The van der Waals surface area contributed by atoms with E-state index in [-0.39, 0.29) is 5.75 Å². The summed E-state index contributed by atoms with van der Waals surface area (Å²) in [6.45, 7) is 0. The largest absolute Gasteiger partial charge is 0.507 e. The quantitative estimate of drug-likeness (QED) is 0.317. The van der Waals surface area contributed by atoms with E-state index in [0.29, 0.717) is 23.0 Å². The van der Waals surface area contributed by atoms with Gasteiger partial charge < -0.3 is 14.3 Å². The third-order valence-electron chi connectivity index (χ3n) is 5.39. The molecule has 0 atom stereocenters. The maximum absolute atomic E-state index is 12.4. The molecule has 4 nitrogen and oxygen atoms in total. The maximum Gasteiger partial charge on any atom is 0.343 e. The predicted molar refractivity (Wildman–Crippen MR) is 119 cm³/mol. The maximum atomic E-state index is 12.4. The SMILES string of the molecule is COc1ccccc1CCCCc1c(O)c2cc(-c3ccccc3)ccc2oc1=O. The van der Waals surface area contributed by atoms with Crippen molar-refractivity contribution in [3.8, 4) is 22.6 Å². The van der Waals surface area contributed by atoms with Gasteiger partial charge in [-0.25, -0.2) is 4.79 Å². The van der Waals surface area contributed by atoms with Crippen molar-refractivity contribution in [2.75, 3.05) is 7.11 Å². The number of methoxy groups -OCH3 is 1. The van der Waals surface area contributed by atoms with Gasteiger partial charge in [0, 0.05) is 0 Å². The number of aromatic hydroxyl groups is 1. The van der Waals surface area contributed by atoms with E-state index in [4.69, 9.17) is 9.15 Å². The molecule has 4 aromatic rings. The molecule has 3 aromatic carbocycles. The molecule has 0 saturated heterocycles. The van der Waals surface area contributed by atoms with Gasteiger partial charge in [0.2, 0.25) is 0 Å². The number of unbranched alkanes of at least 4 members (excludes halogenated alkanes) is 1. The van der Waals surface area contributed by atoms with E-state index in [1.807, 2.05) is 66.7 Å². The smallest absolute Gasteiger partial charge is 0.343 e. The lowest BCUT2D eigenvalue weighted by Crippen LogP contribution is -2.08. The molecule has 0 fully saturated rings. The first-order chi connectivity index (χ1) is 14.7. The average Bonchev–Trinajstić information content (AvgIpc) is 2.79. The van der Waals surface area contributed by atoms with Crippen LogP contribution in [0.2, 0.25) is 0 Å². The van der Waals surface area contributed by atoms with E-state index >= 15 is 0 Å². The summed E-state index contributed by atoms with van der Waals surface area (Å²) in [6.07, 6.45) is 2.96. The van der Waals surface area contributed by atoms with Gasteiger partial charge in [-0.15, -0.1) is 0 Å². The van der Waals surface area contributed by atoms with Gasteiger partial charge in [-0.3, -0.25) is 0 Å². The third-order valence-corrected chi connectivity index (χ3v) is 5.39. The minimum atomic E-state index is -0.468. The van der Waals surface area contributed by atoms with Crippen molar-refractivity contribution in [2.24, 2.45) is 0 Å². The standard InChI is InChI=1S/C26H24O4/c1-29-23-14-8-6-12-19(23)11-5-7-13-21-25(27)22-17-20(18-9-3-2-4-10-18)15-16-24(22)30-26(21)28/h2-4,6,8-10,12,14-17,27H,5,7,11,13H2,1H3. The minimum absolute atomic E-state index is 0.0244. The Labute approximate surface area is 175 Å². The first kappa shape index (κ1) is 19.8. The van der Waals surface area contributed by atoms with Crippen molar-refractivity contribution in [3.63, 3.8) is 0 Å². The highest BCUT2D eigenvalue weighted by atomic mass is 16.5. The van der Waals surface area contributed by atoms with Crippen LogP contribution >= 0.6 is 0 Å². The van der Waals surface area contributed by atoms with Crippen molar-refractivity contribution in [1.82, 2.24) is 0 Å². The minimum Gasteiger partial charge on any atom is -0.507 e. The lowest BCUT2D eigenvalue weighted by atomic mass is 10.0. The van der Waals surface area contributed by atoms with Gasteiger partial charge in [0.15, 0.2) is 0 Å². The monoisotopic (exact) mass is 400 g/mol. The van der Waals surface area contributed by atoms with Gasteiger partial charge in [0.1, 0.15) is 17.1 Å². The van der Waals surface area contributed by atoms with Crippen LogP contribution in [-0.4, -0.2) is 12.2 Å². The Bertz CT molecular complexity index is 1210. The zero-order valence-electron chi connectivity index (χ0n) is 16.9. The number of rotatable bonds is 7. The number of ether oxygens (including phenoxy) is 1. The molecule has 4 rings (SSSR count). The summed E-state index contributed by atoms with van der Waals surface area (Å²) >= 11 is 0. The van der Waals surface area contributed by atoms with E-state index in [1.54, 1.807) is 13.2 Å². The van der Waals surface area contributed by atoms with Crippen LogP contribution in [0.5, 0.6) is 11.5 Å². The molecule has 1 heterocycles. The number of aryl methyl sites for hydroxylation is 1. The number of hydrogen-bond acceptors (Lipinski definition) is 4. The Balaban J connectivity index is 1.54. The summed E-state index contributed by atoms with van der Waals surface area (Å²) in [6, 6.07) is 23.4.